The van der Waals surface area contributed by atoms with Crippen molar-refractivity contribution >= 4 is 5.82 Å². The van der Waals surface area contributed by atoms with E-state index in [0.29, 0.717) is 25.5 Å². The van der Waals surface area contributed by atoms with Gasteiger partial charge in [-0.15, -0.1) is 0 Å². The van der Waals surface area contributed by atoms with E-state index in [4.69, 9.17) is 5.73 Å². The number of benzene rings is 1. The van der Waals surface area contributed by atoms with Gasteiger partial charge >= 0.3 is 0 Å². The Bertz CT molecular complexity index is 589. The number of nitrogens with one attached hydrogen (secondary N) is 1. The zero-order chi connectivity index (χ0) is 13.7. The molecule has 0 aliphatic rings. The van der Waals surface area contributed by atoms with Gasteiger partial charge in [-0.2, -0.15) is 0 Å². The minimum absolute atomic E-state index is 0.0939. The van der Waals surface area contributed by atoms with Crippen molar-refractivity contribution in [1.29, 1.82) is 0 Å². The highest BCUT2D eigenvalue weighted by atomic mass is 16.1. The van der Waals surface area contributed by atoms with Crippen LogP contribution in [0.25, 0.3) is 0 Å². The summed E-state index contributed by atoms with van der Waals surface area (Å²) >= 11 is 0. The van der Waals surface area contributed by atoms with Crippen LogP contribution in [0.15, 0.2) is 41.5 Å². The summed E-state index contributed by atoms with van der Waals surface area (Å²) < 4.78 is 1.62. The summed E-state index contributed by atoms with van der Waals surface area (Å²) in [6.07, 6.45) is 3.31. The molecular formula is C14H18N4O. The standard InChI is InChI=1S/C14H18N4O/c1-2-18-8-7-16-13(14(18)19)17-10-12-5-3-11(9-15)4-6-12/h3-8H,2,9-10,15H2,1H3,(H,16,17). The smallest absolute Gasteiger partial charge is 0.293 e. The minimum atomic E-state index is -0.0939. The third-order valence-corrected chi connectivity index (χ3v) is 2.97. The normalized spacial score (nSPS) is 10.4. The van der Waals surface area contributed by atoms with Crippen molar-refractivity contribution in [3.8, 4) is 0 Å². The second-order valence-electron chi connectivity index (χ2n) is 4.24. The van der Waals surface area contributed by atoms with Crippen LogP contribution in [0, 0.1) is 0 Å². The topological polar surface area (TPSA) is 72.9 Å². The number of aromatic nitrogens is 2. The maximum Gasteiger partial charge on any atom is 0.293 e. The van der Waals surface area contributed by atoms with Crippen molar-refractivity contribution in [2.45, 2.75) is 26.6 Å². The van der Waals surface area contributed by atoms with Crippen molar-refractivity contribution in [2.24, 2.45) is 5.73 Å². The Morgan fingerprint density at radius 1 is 1.26 bits per heavy atom. The highest BCUT2D eigenvalue weighted by molar-refractivity contribution is 5.33. The Morgan fingerprint density at radius 3 is 2.58 bits per heavy atom. The number of nitrogens with zero attached hydrogens (tertiary/aromatic N) is 2. The van der Waals surface area contributed by atoms with Crippen LogP contribution in [0.2, 0.25) is 0 Å². The second kappa shape index (κ2) is 6.15. The number of aryl methyl sites for hydroxylation is 1. The third kappa shape index (κ3) is 3.20. The quantitative estimate of drug-likeness (QED) is 0.848. The van der Waals surface area contributed by atoms with Crippen molar-refractivity contribution in [3.05, 3.63) is 58.1 Å². The number of anilines is 1. The van der Waals surface area contributed by atoms with Crippen molar-refractivity contribution in [1.82, 2.24) is 9.55 Å². The van der Waals surface area contributed by atoms with Gasteiger partial charge in [0.05, 0.1) is 0 Å². The van der Waals surface area contributed by atoms with E-state index in [2.05, 4.69) is 10.3 Å². The maximum absolute atomic E-state index is 11.9. The van der Waals surface area contributed by atoms with Crippen LogP contribution in [0.4, 0.5) is 5.82 Å². The minimum Gasteiger partial charge on any atom is -0.361 e. The van der Waals surface area contributed by atoms with Gasteiger partial charge in [0.15, 0.2) is 5.82 Å². The van der Waals surface area contributed by atoms with E-state index in [9.17, 15) is 4.79 Å². The van der Waals surface area contributed by atoms with Crippen LogP contribution < -0.4 is 16.6 Å². The molecule has 0 fully saturated rings. The predicted octanol–water partition coefficient (Wildman–Crippen LogP) is 1.33. The summed E-state index contributed by atoms with van der Waals surface area (Å²) in [5, 5.41) is 3.07. The average molecular weight is 258 g/mol. The Hall–Kier alpha value is -2.14. The van der Waals surface area contributed by atoms with Gasteiger partial charge in [0.1, 0.15) is 0 Å². The van der Waals surface area contributed by atoms with E-state index in [1.165, 1.54) is 0 Å². The highest BCUT2D eigenvalue weighted by Crippen LogP contribution is 2.05. The van der Waals surface area contributed by atoms with Crippen LogP contribution >= 0.6 is 0 Å². The van der Waals surface area contributed by atoms with E-state index in [-0.39, 0.29) is 5.56 Å². The lowest BCUT2D eigenvalue weighted by atomic mass is 10.1. The molecule has 1 aromatic carbocycles. The van der Waals surface area contributed by atoms with Gasteiger partial charge in [-0.25, -0.2) is 4.98 Å². The van der Waals surface area contributed by atoms with Crippen LogP contribution in [0.5, 0.6) is 0 Å². The summed E-state index contributed by atoms with van der Waals surface area (Å²) in [4.78, 5) is 16.0. The monoisotopic (exact) mass is 258 g/mol. The van der Waals surface area contributed by atoms with Gasteiger partial charge in [0.25, 0.3) is 5.56 Å². The largest absolute Gasteiger partial charge is 0.361 e. The fourth-order valence-corrected chi connectivity index (χ4v) is 1.80. The van der Waals surface area contributed by atoms with Crippen molar-refractivity contribution in [3.63, 3.8) is 0 Å². The van der Waals surface area contributed by atoms with E-state index in [0.717, 1.165) is 11.1 Å². The lowest BCUT2D eigenvalue weighted by Crippen LogP contribution is -2.23. The Labute approximate surface area is 112 Å². The van der Waals surface area contributed by atoms with E-state index in [1.807, 2.05) is 31.2 Å². The second-order valence-corrected chi connectivity index (χ2v) is 4.24. The molecule has 0 spiro atoms. The van der Waals surface area contributed by atoms with Crippen molar-refractivity contribution < 1.29 is 0 Å². The van der Waals surface area contributed by atoms with Gasteiger partial charge < -0.3 is 15.6 Å². The molecule has 1 heterocycles. The van der Waals surface area contributed by atoms with E-state index < -0.39 is 0 Å². The Balaban J connectivity index is 2.08. The first-order chi connectivity index (χ1) is 9.24. The zero-order valence-electron chi connectivity index (χ0n) is 11.0. The average Bonchev–Trinajstić information content (AvgIpc) is 2.47. The summed E-state index contributed by atoms with van der Waals surface area (Å²) in [5.74, 6) is 0.382. The number of rotatable bonds is 5. The molecule has 0 aliphatic heterocycles. The molecule has 0 radical (unpaired) electrons. The highest BCUT2D eigenvalue weighted by Gasteiger charge is 2.03. The summed E-state index contributed by atoms with van der Waals surface area (Å²) in [6, 6.07) is 7.96. The number of nitrogens with two attached hydrogens (primary N) is 1. The van der Waals surface area contributed by atoms with Gasteiger partial charge in [0.2, 0.25) is 0 Å². The number of hydrogen-bond acceptors (Lipinski definition) is 4. The molecule has 0 saturated heterocycles. The Morgan fingerprint density at radius 2 is 1.95 bits per heavy atom. The lowest BCUT2D eigenvalue weighted by Gasteiger charge is -2.08. The summed E-state index contributed by atoms with van der Waals surface area (Å²) in [7, 11) is 0. The molecule has 5 nitrogen and oxygen atoms in total. The third-order valence-electron chi connectivity index (χ3n) is 2.97. The van der Waals surface area contributed by atoms with Crippen LogP contribution in [0.3, 0.4) is 0 Å². The zero-order valence-corrected chi connectivity index (χ0v) is 11.0. The molecule has 2 rings (SSSR count). The first-order valence-electron chi connectivity index (χ1n) is 6.31. The van der Waals surface area contributed by atoms with Gasteiger partial charge in [-0.1, -0.05) is 24.3 Å². The number of hydrogen-bond donors (Lipinski definition) is 2. The van der Waals surface area contributed by atoms with Crippen LogP contribution in [0.1, 0.15) is 18.1 Å². The molecule has 0 atom stereocenters. The van der Waals surface area contributed by atoms with E-state index >= 15 is 0 Å². The fourth-order valence-electron chi connectivity index (χ4n) is 1.80. The molecule has 5 heteroatoms. The molecule has 0 aliphatic carbocycles. The van der Waals surface area contributed by atoms with Gasteiger partial charge in [-0.3, -0.25) is 4.79 Å². The van der Waals surface area contributed by atoms with Crippen LogP contribution in [-0.2, 0) is 19.6 Å². The Kier molecular flexibility index (Phi) is 4.30. The molecule has 3 N–H and O–H groups in total. The predicted molar refractivity (Wildman–Crippen MR) is 75.8 cm³/mol. The molecule has 0 bridgehead atoms. The molecule has 2 aromatic rings. The molecule has 1 aromatic heterocycles. The lowest BCUT2D eigenvalue weighted by molar-refractivity contribution is 0.718. The molecular weight excluding hydrogens is 240 g/mol. The van der Waals surface area contributed by atoms with Crippen molar-refractivity contribution in [2.75, 3.05) is 5.32 Å². The first kappa shape index (κ1) is 13.3. The fraction of sp³-hybridized carbons (Fsp3) is 0.286. The first-order valence-corrected chi connectivity index (χ1v) is 6.31. The molecule has 0 amide bonds. The maximum atomic E-state index is 11.9. The molecule has 19 heavy (non-hydrogen) atoms. The molecule has 0 saturated carbocycles. The van der Waals surface area contributed by atoms with Crippen LogP contribution in [-0.4, -0.2) is 9.55 Å². The molecule has 100 valence electrons. The summed E-state index contributed by atoms with van der Waals surface area (Å²) in [5.41, 5.74) is 7.63. The SMILES string of the molecule is CCn1ccnc(NCc2ccc(CN)cc2)c1=O. The molecule has 0 unspecified atom stereocenters. The van der Waals surface area contributed by atoms with E-state index in [1.54, 1.807) is 17.0 Å². The van der Waals surface area contributed by atoms with Gasteiger partial charge in [-0.05, 0) is 18.1 Å². The van der Waals surface area contributed by atoms with Gasteiger partial charge in [0, 0.05) is 32.0 Å². The summed E-state index contributed by atoms with van der Waals surface area (Å²) in [6.45, 7) is 3.67.